The second kappa shape index (κ2) is 10.8. The number of aromatic nitrogens is 2. The SMILES string of the molecule is O=C(Nc1nn(Cc2ccc(Cl)c(Cl)c2)cc1Cl)c1ccc(COc2c(F)c(F)cc(F)c2F)cc1. The van der Waals surface area contributed by atoms with Crippen molar-refractivity contribution in [2.24, 2.45) is 0 Å². The second-order valence-corrected chi connectivity index (χ2v) is 8.73. The number of amides is 1. The summed E-state index contributed by atoms with van der Waals surface area (Å²) in [6.45, 7) is -0.0683. The number of halogens is 7. The van der Waals surface area contributed by atoms with Crippen molar-refractivity contribution in [1.82, 2.24) is 9.78 Å². The summed E-state index contributed by atoms with van der Waals surface area (Å²) in [5.74, 6) is -7.98. The zero-order valence-electron chi connectivity index (χ0n) is 18.0. The molecule has 0 aliphatic carbocycles. The predicted octanol–water partition coefficient (Wildman–Crippen LogP) is 7.28. The minimum absolute atomic E-state index is 0.0908. The molecule has 186 valence electrons. The van der Waals surface area contributed by atoms with Gasteiger partial charge in [0.15, 0.2) is 23.2 Å². The Morgan fingerprint density at radius 3 is 2.14 bits per heavy atom. The van der Waals surface area contributed by atoms with E-state index in [0.717, 1.165) is 5.56 Å². The Kier molecular flexibility index (Phi) is 7.73. The van der Waals surface area contributed by atoms with Crippen molar-refractivity contribution in [3.05, 3.63) is 110 Å². The van der Waals surface area contributed by atoms with Crippen LogP contribution in [-0.4, -0.2) is 15.7 Å². The average Bonchev–Trinajstić information content (AvgIpc) is 3.18. The summed E-state index contributed by atoms with van der Waals surface area (Å²) in [7, 11) is 0. The normalized spacial score (nSPS) is 11.0. The first-order valence-electron chi connectivity index (χ1n) is 10.2. The zero-order chi connectivity index (χ0) is 26.0. The standard InChI is InChI=1S/C24H14Cl3F4N3O2/c25-15-6-3-13(7-16(15)26)9-34-10-17(27)23(33-34)32-24(35)14-4-1-12(2-5-14)11-36-22-20(30)18(28)8-19(29)21(22)31/h1-8,10H,9,11H2,(H,32,33,35). The highest BCUT2D eigenvalue weighted by atomic mass is 35.5. The first-order valence-corrected chi connectivity index (χ1v) is 11.3. The molecule has 36 heavy (non-hydrogen) atoms. The van der Waals surface area contributed by atoms with Crippen LogP contribution in [0.25, 0.3) is 0 Å². The monoisotopic (exact) mass is 557 g/mol. The van der Waals surface area contributed by atoms with Gasteiger partial charge in [-0.3, -0.25) is 9.48 Å². The van der Waals surface area contributed by atoms with Gasteiger partial charge in [-0.1, -0.05) is 53.0 Å². The second-order valence-electron chi connectivity index (χ2n) is 7.51. The molecule has 0 unspecified atom stereocenters. The minimum atomic E-state index is -1.64. The third-order valence-electron chi connectivity index (χ3n) is 4.95. The van der Waals surface area contributed by atoms with E-state index in [9.17, 15) is 22.4 Å². The lowest BCUT2D eigenvalue weighted by Gasteiger charge is -2.10. The van der Waals surface area contributed by atoms with Gasteiger partial charge in [0.05, 0.1) is 16.6 Å². The van der Waals surface area contributed by atoms with Crippen molar-refractivity contribution in [1.29, 1.82) is 0 Å². The minimum Gasteiger partial charge on any atom is -0.483 e. The molecule has 0 spiro atoms. The lowest BCUT2D eigenvalue weighted by atomic mass is 10.1. The number of hydrogen-bond acceptors (Lipinski definition) is 3. The molecule has 1 N–H and O–H groups in total. The molecule has 4 rings (SSSR count). The predicted molar refractivity (Wildman–Crippen MR) is 128 cm³/mol. The molecule has 1 amide bonds. The molecule has 0 atom stereocenters. The van der Waals surface area contributed by atoms with E-state index < -0.39 is 41.5 Å². The van der Waals surface area contributed by atoms with Crippen LogP contribution in [0, 0.1) is 23.3 Å². The van der Waals surface area contributed by atoms with E-state index in [0.29, 0.717) is 22.2 Å². The van der Waals surface area contributed by atoms with Gasteiger partial charge in [-0.2, -0.15) is 13.9 Å². The maximum atomic E-state index is 13.7. The van der Waals surface area contributed by atoms with E-state index in [1.54, 1.807) is 18.2 Å². The highest BCUT2D eigenvalue weighted by Crippen LogP contribution is 2.28. The van der Waals surface area contributed by atoms with Crippen molar-refractivity contribution in [3.63, 3.8) is 0 Å². The number of ether oxygens (including phenoxy) is 1. The fourth-order valence-electron chi connectivity index (χ4n) is 3.15. The van der Waals surface area contributed by atoms with E-state index in [1.807, 2.05) is 0 Å². The number of benzene rings is 3. The van der Waals surface area contributed by atoms with E-state index in [4.69, 9.17) is 39.5 Å². The van der Waals surface area contributed by atoms with Crippen LogP contribution in [0.2, 0.25) is 15.1 Å². The molecule has 0 fully saturated rings. The molecule has 1 aromatic heterocycles. The first-order chi connectivity index (χ1) is 17.1. The van der Waals surface area contributed by atoms with Crippen LogP contribution in [-0.2, 0) is 13.2 Å². The van der Waals surface area contributed by atoms with Crippen LogP contribution in [0.5, 0.6) is 5.75 Å². The van der Waals surface area contributed by atoms with E-state index >= 15 is 0 Å². The van der Waals surface area contributed by atoms with Crippen LogP contribution in [0.3, 0.4) is 0 Å². The van der Waals surface area contributed by atoms with Gasteiger partial charge in [0, 0.05) is 17.8 Å². The van der Waals surface area contributed by atoms with Crippen LogP contribution >= 0.6 is 34.8 Å². The molecule has 12 heteroatoms. The summed E-state index contributed by atoms with van der Waals surface area (Å²) in [6, 6.07) is 11.0. The number of hydrogen-bond donors (Lipinski definition) is 1. The Morgan fingerprint density at radius 2 is 1.50 bits per heavy atom. The molecular formula is C24H14Cl3F4N3O2. The summed E-state index contributed by atoms with van der Waals surface area (Å²) in [4.78, 5) is 12.6. The highest BCUT2D eigenvalue weighted by Gasteiger charge is 2.21. The van der Waals surface area contributed by atoms with Crippen LogP contribution in [0.1, 0.15) is 21.5 Å². The molecule has 0 aliphatic heterocycles. The molecule has 0 saturated heterocycles. The Balaban J connectivity index is 1.40. The van der Waals surface area contributed by atoms with Crippen LogP contribution < -0.4 is 10.1 Å². The lowest BCUT2D eigenvalue weighted by molar-refractivity contribution is 0.102. The van der Waals surface area contributed by atoms with Gasteiger partial charge in [-0.05, 0) is 35.4 Å². The van der Waals surface area contributed by atoms with Crippen molar-refractivity contribution in [2.45, 2.75) is 13.2 Å². The Hall–Kier alpha value is -3.27. The lowest BCUT2D eigenvalue weighted by Crippen LogP contribution is -2.13. The van der Waals surface area contributed by atoms with Crippen molar-refractivity contribution >= 4 is 46.5 Å². The molecule has 0 bridgehead atoms. The third kappa shape index (κ3) is 5.75. The molecular weight excluding hydrogens is 545 g/mol. The number of carbonyl (C=O) groups excluding carboxylic acids is 1. The van der Waals surface area contributed by atoms with Crippen molar-refractivity contribution in [3.8, 4) is 5.75 Å². The molecule has 0 radical (unpaired) electrons. The zero-order valence-corrected chi connectivity index (χ0v) is 20.2. The Bertz CT molecular complexity index is 1420. The van der Waals surface area contributed by atoms with E-state index in [2.05, 4.69) is 10.4 Å². The molecule has 3 aromatic carbocycles. The maximum Gasteiger partial charge on any atom is 0.256 e. The highest BCUT2D eigenvalue weighted by molar-refractivity contribution is 6.42. The molecule has 5 nitrogen and oxygen atoms in total. The Morgan fingerprint density at radius 1 is 0.861 bits per heavy atom. The number of rotatable bonds is 7. The van der Waals surface area contributed by atoms with Gasteiger partial charge in [-0.25, -0.2) is 8.78 Å². The van der Waals surface area contributed by atoms with Crippen molar-refractivity contribution in [2.75, 3.05) is 5.32 Å². The smallest absolute Gasteiger partial charge is 0.256 e. The summed E-state index contributed by atoms with van der Waals surface area (Å²) in [5, 5.41) is 7.88. The first kappa shape index (κ1) is 25.8. The molecule has 0 aliphatic rings. The molecule has 0 saturated carbocycles. The van der Waals surface area contributed by atoms with E-state index in [1.165, 1.54) is 35.1 Å². The Labute approximate surface area is 217 Å². The van der Waals surface area contributed by atoms with Gasteiger partial charge >= 0.3 is 0 Å². The molecule has 1 heterocycles. The van der Waals surface area contributed by atoms with E-state index in [-0.39, 0.29) is 22.5 Å². The van der Waals surface area contributed by atoms with Gasteiger partial charge < -0.3 is 10.1 Å². The summed E-state index contributed by atoms with van der Waals surface area (Å²) in [5.41, 5.74) is 1.43. The van der Waals surface area contributed by atoms with Gasteiger partial charge in [0.25, 0.3) is 5.91 Å². The topological polar surface area (TPSA) is 56.2 Å². The van der Waals surface area contributed by atoms with Crippen molar-refractivity contribution < 1.29 is 27.1 Å². The number of anilines is 1. The summed E-state index contributed by atoms with van der Waals surface area (Å²) >= 11 is 18.1. The number of carbonyl (C=O) groups is 1. The molecule has 4 aromatic rings. The fourth-order valence-corrected chi connectivity index (χ4v) is 3.67. The summed E-state index contributed by atoms with van der Waals surface area (Å²) < 4.78 is 60.5. The van der Waals surface area contributed by atoms with Crippen LogP contribution in [0.4, 0.5) is 23.4 Å². The van der Waals surface area contributed by atoms with Gasteiger partial charge in [0.2, 0.25) is 11.6 Å². The largest absolute Gasteiger partial charge is 0.483 e. The fraction of sp³-hybridized carbons (Fsp3) is 0.0833. The number of nitrogens with one attached hydrogen (secondary N) is 1. The van der Waals surface area contributed by atoms with Gasteiger partial charge in [-0.15, -0.1) is 0 Å². The summed E-state index contributed by atoms with van der Waals surface area (Å²) in [6.07, 6.45) is 1.54. The third-order valence-corrected chi connectivity index (χ3v) is 5.96. The number of nitrogens with zero attached hydrogens (tertiary/aromatic N) is 2. The van der Waals surface area contributed by atoms with Crippen LogP contribution in [0.15, 0.2) is 54.7 Å². The maximum absolute atomic E-state index is 13.7. The quantitative estimate of drug-likeness (QED) is 0.192. The van der Waals surface area contributed by atoms with Gasteiger partial charge in [0.1, 0.15) is 11.6 Å². The average molecular weight is 559 g/mol.